The zero-order valence-electron chi connectivity index (χ0n) is 7.55. The molecule has 0 aromatic carbocycles. The van der Waals surface area contributed by atoms with Crippen LogP contribution in [-0.4, -0.2) is 0 Å². The minimum absolute atomic E-state index is 1.08. The largest absolute Gasteiger partial charge is 0.0699 e. The van der Waals surface area contributed by atoms with Gasteiger partial charge in [-0.1, -0.05) is 11.1 Å². The average Bonchev–Trinajstić information content (AvgIpc) is 2.61. The molecule has 64 valence electrons. The summed E-state index contributed by atoms with van der Waals surface area (Å²) in [5.74, 6) is 4.46. The first kappa shape index (κ1) is 6.23. The quantitative estimate of drug-likeness (QED) is 0.477. The van der Waals surface area contributed by atoms with Crippen molar-refractivity contribution in [1.82, 2.24) is 0 Å². The summed E-state index contributed by atoms with van der Waals surface area (Å²) in [6.07, 6.45) is 9.30. The molecule has 5 rings (SSSR count). The second-order valence-corrected chi connectivity index (χ2v) is 5.45. The Morgan fingerprint density at radius 2 is 1.92 bits per heavy atom. The van der Waals surface area contributed by atoms with Crippen LogP contribution < -0.4 is 0 Å². The predicted octanol–water partition coefficient (Wildman–Crippen LogP) is 3.14. The Bertz CT molecular complexity index is 266. The van der Waals surface area contributed by atoms with E-state index in [1.165, 1.54) is 12.8 Å². The lowest BCUT2D eigenvalue weighted by molar-refractivity contribution is 0.238. The van der Waals surface area contributed by atoms with Crippen molar-refractivity contribution in [3.63, 3.8) is 0 Å². The highest BCUT2D eigenvalue weighted by atomic mass is 14.5. The van der Waals surface area contributed by atoms with E-state index in [9.17, 15) is 0 Å². The average molecular weight is 160 g/mol. The van der Waals surface area contributed by atoms with Gasteiger partial charge in [-0.15, -0.1) is 0 Å². The molecule has 0 spiro atoms. The number of rotatable bonds is 0. The molecule has 5 aliphatic carbocycles. The lowest BCUT2D eigenvalue weighted by Crippen LogP contribution is -2.31. The van der Waals surface area contributed by atoms with Crippen molar-refractivity contribution >= 4 is 0 Å². The van der Waals surface area contributed by atoms with Crippen LogP contribution >= 0.6 is 0 Å². The summed E-state index contributed by atoms with van der Waals surface area (Å²) in [5.41, 5.74) is 3.91. The van der Waals surface area contributed by atoms with Crippen molar-refractivity contribution in [3.8, 4) is 0 Å². The van der Waals surface area contributed by atoms with Crippen molar-refractivity contribution in [2.45, 2.75) is 38.5 Å². The minimum atomic E-state index is 1.08. The fourth-order valence-corrected chi connectivity index (χ4v) is 4.49. The van der Waals surface area contributed by atoms with Gasteiger partial charge in [-0.05, 0) is 62.2 Å². The summed E-state index contributed by atoms with van der Waals surface area (Å²) >= 11 is 0. The van der Waals surface area contributed by atoms with E-state index in [4.69, 9.17) is 0 Å². The zero-order chi connectivity index (χ0) is 7.71. The van der Waals surface area contributed by atoms with Gasteiger partial charge in [0.2, 0.25) is 0 Å². The summed E-state index contributed by atoms with van der Waals surface area (Å²) in [7, 11) is 0. The van der Waals surface area contributed by atoms with Crippen molar-refractivity contribution in [1.29, 1.82) is 0 Å². The molecule has 0 aromatic heterocycles. The van der Waals surface area contributed by atoms with E-state index < -0.39 is 0 Å². The normalized spacial score (nSPS) is 54.0. The van der Waals surface area contributed by atoms with Gasteiger partial charge in [-0.3, -0.25) is 0 Å². The molecular formula is C12H16. The number of fused-ring (bicyclic) bond motifs is 2. The fourth-order valence-electron chi connectivity index (χ4n) is 4.49. The van der Waals surface area contributed by atoms with Gasteiger partial charge in [-0.25, -0.2) is 0 Å². The van der Waals surface area contributed by atoms with Crippen LogP contribution in [0, 0.1) is 23.7 Å². The summed E-state index contributed by atoms with van der Waals surface area (Å²) in [4.78, 5) is 0. The number of hydrogen-bond donors (Lipinski definition) is 0. The standard InChI is InChI=1S/C12H16/c1-2-9-6-8(1)11-5-7-3-10(4-7)12(9)11/h7-9,11H,1-6H2. The van der Waals surface area contributed by atoms with Crippen molar-refractivity contribution in [2.24, 2.45) is 23.7 Å². The number of hydrogen-bond acceptors (Lipinski definition) is 0. The molecule has 0 N–H and O–H groups in total. The van der Waals surface area contributed by atoms with Crippen LogP contribution in [0.4, 0.5) is 0 Å². The molecule has 0 amide bonds. The van der Waals surface area contributed by atoms with Crippen LogP contribution in [0.25, 0.3) is 0 Å². The maximum absolute atomic E-state index is 1.99. The van der Waals surface area contributed by atoms with Crippen LogP contribution in [0.1, 0.15) is 38.5 Å². The molecule has 3 unspecified atom stereocenters. The first-order valence-corrected chi connectivity index (χ1v) is 5.63. The summed E-state index contributed by atoms with van der Waals surface area (Å²) in [6, 6.07) is 0. The van der Waals surface area contributed by atoms with Crippen molar-refractivity contribution in [3.05, 3.63) is 11.1 Å². The molecule has 0 radical (unpaired) electrons. The van der Waals surface area contributed by atoms with Gasteiger partial charge in [0.25, 0.3) is 0 Å². The number of allylic oxidation sites excluding steroid dienone is 2. The molecule has 0 nitrogen and oxygen atoms in total. The molecular weight excluding hydrogens is 144 g/mol. The predicted molar refractivity (Wildman–Crippen MR) is 48.7 cm³/mol. The van der Waals surface area contributed by atoms with E-state index in [0.29, 0.717) is 0 Å². The molecule has 3 atom stereocenters. The Hall–Kier alpha value is -0.260. The molecule has 0 aliphatic heterocycles. The monoisotopic (exact) mass is 160 g/mol. The fraction of sp³-hybridized carbons (Fsp3) is 0.833. The van der Waals surface area contributed by atoms with E-state index in [1.54, 1.807) is 25.7 Å². The smallest absolute Gasteiger partial charge is 0.0166 e. The van der Waals surface area contributed by atoms with Gasteiger partial charge in [0.05, 0.1) is 0 Å². The molecule has 3 fully saturated rings. The summed E-state index contributed by atoms with van der Waals surface area (Å²) < 4.78 is 0. The van der Waals surface area contributed by atoms with Crippen LogP contribution in [0.2, 0.25) is 0 Å². The highest BCUT2D eigenvalue weighted by Crippen LogP contribution is 2.62. The SMILES string of the molecule is C1C2=C3C4CCC(C4)C3CC1C2. The van der Waals surface area contributed by atoms with E-state index in [1.807, 2.05) is 11.1 Å². The van der Waals surface area contributed by atoms with Crippen LogP contribution in [-0.2, 0) is 0 Å². The molecule has 4 bridgehead atoms. The zero-order valence-corrected chi connectivity index (χ0v) is 7.55. The third-order valence-corrected chi connectivity index (χ3v) is 4.95. The summed E-state index contributed by atoms with van der Waals surface area (Å²) in [6.45, 7) is 0. The van der Waals surface area contributed by atoms with E-state index in [0.717, 1.165) is 23.7 Å². The lowest BCUT2D eigenvalue weighted by Gasteiger charge is -2.44. The van der Waals surface area contributed by atoms with Crippen molar-refractivity contribution < 1.29 is 0 Å². The van der Waals surface area contributed by atoms with Gasteiger partial charge in [0, 0.05) is 0 Å². The van der Waals surface area contributed by atoms with Gasteiger partial charge in [0.15, 0.2) is 0 Å². The van der Waals surface area contributed by atoms with Gasteiger partial charge in [0.1, 0.15) is 0 Å². The van der Waals surface area contributed by atoms with Crippen LogP contribution in [0.15, 0.2) is 11.1 Å². The lowest BCUT2D eigenvalue weighted by atomic mass is 9.61. The van der Waals surface area contributed by atoms with Gasteiger partial charge >= 0.3 is 0 Å². The molecule has 0 saturated heterocycles. The second kappa shape index (κ2) is 1.81. The van der Waals surface area contributed by atoms with E-state index in [2.05, 4.69) is 0 Å². The summed E-state index contributed by atoms with van der Waals surface area (Å²) in [5, 5.41) is 0. The van der Waals surface area contributed by atoms with Crippen LogP contribution in [0.5, 0.6) is 0 Å². The first-order valence-electron chi connectivity index (χ1n) is 5.63. The first-order chi connectivity index (χ1) is 5.92. The Kier molecular flexibility index (Phi) is 0.939. The van der Waals surface area contributed by atoms with Gasteiger partial charge < -0.3 is 0 Å². The molecule has 12 heavy (non-hydrogen) atoms. The molecule has 0 aromatic rings. The Morgan fingerprint density at radius 3 is 2.75 bits per heavy atom. The maximum Gasteiger partial charge on any atom is -0.0166 e. The van der Waals surface area contributed by atoms with Crippen molar-refractivity contribution in [2.75, 3.05) is 0 Å². The highest BCUT2D eigenvalue weighted by molar-refractivity contribution is 5.35. The molecule has 5 aliphatic rings. The van der Waals surface area contributed by atoms with Crippen LogP contribution in [0.3, 0.4) is 0 Å². The maximum atomic E-state index is 1.99. The Balaban J connectivity index is 1.87. The van der Waals surface area contributed by atoms with E-state index in [-0.39, 0.29) is 0 Å². The molecule has 0 heterocycles. The minimum Gasteiger partial charge on any atom is -0.0699 e. The van der Waals surface area contributed by atoms with E-state index >= 15 is 0 Å². The molecule has 3 saturated carbocycles. The Morgan fingerprint density at radius 1 is 1.00 bits per heavy atom. The second-order valence-electron chi connectivity index (χ2n) is 5.45. The van der Waals surface area contributed by atoms with Gasteiger partial charge in [-0.2, -0.15) is 0 Å². The topological polar surface area (TPSA) is 0 Å². The third-order valence-electron chi connectivity index (χ3n) is 4.95. The molecule has 0 heteroatoms. The Labute approximate surface area is 74.0 Å². The third kappa shape index (κ3) is 0.551. The highest BCUT2D eigenvalue weighted by Gasteiger charge is 2.50.